The molecule has 0 aliphatic heterocycles. The van der Waals surface area contributed by atoms with E-state index in [0.717, 1.165) is 16.3 Å². The second-order valence-electron chi connectivity index (χ2n) is 10.1. The van der Waals surface area contributed by atoms with Gasteiger partial charge in [0.15, 0.2) is 0 Å². The topological polar surface area (TPSA) is 86.8 Å². The van der Waals surface area contributed by atoms with Crippen LogP contribution in [0.25, 0.3) is 0 Å². The van der Waals surface area contributed by atoms with Crippen molar-refractivity contribution in [3.8, 4) is 0 Å². The number of sulfonamides is 1. The molecule has 2 atom stereocenters. The monoisotopic (exact) mass is 617 g/mol. The molecule has 7 nitrogen and oxygen atoms in total. The molecular weight excluding hydrogens is 581 g/mol. The minimum Gasteiger partial charge on any atom is -0.352 e. The van der Waals surface area contributed by atoms with Crippen LogP contribution in [-0.2, 0) is 26.2 Å². The van der Waals surface area contributed by atoms with Gasteiger partial charge in [-0.15, -0.1) is 0 Å². The Labute approximate surface area is 253 Å². The van der Waals surface area contributed by atoms with Crippen LogP contribution in [0.4, 0.5) is 5.69 Å². The van der Waals surface area contributed by atoms with Gasteiger partial charge in [-0.2, -0.15) is 0 Å². The maximum atomic E-state index is 14.2. The van der Waals surface area contributed by atoms with Crippen molar-refractivity contribution in [2.24, 2.45) is 0 Å². The van der Waals surface area contributed by atoms with E-state index >= 15 is 0 Å². The number of nitrogens with one attached hydrogen (secondary N) is 1. The third-order valence-electron chi connectivity index (χ3n) is 6.97. The number of carbonyl (C=O) groups is 2. The summed E-state index contributed by atoms with van der Waals surface area (Å²) in [6.45, 7) is 8.87. The lowest BCUT2D eigenvalue weighted by atomic mass is 10.1. The first kappa shape index (κ1) is 32.4. The number of hydrogen-bond donors (Lipinski definition) is 1. The fourth-order valence-corrected chi connectivity index (χ4v) is 6.23. The Bertz CT molecular complexity index is 1480. The molecule has 0 radical (unpaired) electrons. The predicted octanol–water partition coefficient (Wildman–Crippen LogP) is 6.53. The summed E-state index contributed by atoms with van der Waals surface area (Å²) in [5.41, 5.74) is 2.60. The Morgan fingerprint density at radius 1 is 0.902 bits per heavy atom. The number of aryl methyl sites for hydroxylation is 2. The molecule has 3 aromatic carbocycles. The zero-order chi connectivity index (χ0) is 30.3. The van der Waals surface area contributed by atoms with Crippen molar-refractivity contribution in [2.45, 2.75) is 71.0 Å². The first-order chi connectivity index (χ1) is 19.4. The maximum Gasteiger partial charge on any atom is 0.264 e. The van der Waals surface area contributed by atoms with Gasteiger partial charge < -0.3 is 10.2 Å². The molecule has 41 heavy (non-hydrogen) atoms. The second-order valence-corrected chi connectivity index (χ2v) is 12.8. The Morgan fingerprint density at radius 3 is 2.20 bits per heavy atom. The SMILES string of the molecule is CCC(C)NC(=O)C(CC)N(Cc1ccc(Cl)c(Cl)c1)C(=O)CN(c1cc(C)ccc1C)S(=O)(=O)c1ccccc1. The summed E-state index contributed by atoms with van der Waals surface area (Å²) in [6.07, 6.45) is 1.04. The zero-order valence-corrected chi connectivity index (χ0v) is 26.4. The molecule has 0 saturated carbocycles. The van der Waals surface area contributed by atoms with Crippen molar-refractivity contribution in [2.75, 3.05) is 10.8 Å². The summed E-state index contributed by atoms with van der Waals surface area (Å²) in [5.74, 6) is -0.831. The molecule has 0 aromatic heterocycles. The smallest absolute Gasteiger partial charge is 0.264 e. The third-order valence-corrected chi connectivity index (χ3v) is 9.48. The van der Waals surface area contributed by atoms with Gasteiger partial charge in [0.1, 0.15) is 12.6 Å². The van der Waals surface area contributed by atoms with Crippen molar-refractivity contribution in [1.82, 2.24) is 10.2 Å². The fraction of sp³-hybridized carbons (Fsp3) is 0.355. The van der Waals surface area contributed by atoms with Gasteiger partial charge in [0.2, 0.25) is 11.8 Å². The first-order valence-electron chi connectivity index (χ1n) is 13.6. The maximum absolute atomic E-state index is 14.2. The highest BCUT2D eigenvalue weighted by molar-refractivity contribution is 7.92. The van der Waals surface area contributed by atoms with Gasteiger partial charge in [0, 0.05) is 12.6 Å². The zero-order valence-electron chi connectivity index (χ0n) is 24.0. The van der Waals surface area contributed by atoms with Crippen molar-refractivity contribution in [3.05, 3.63) is 93.5 Å². The highest BCUT2D eigenvalue weighted by atomic mass is 35.5. The number of benzene rings is 3. The number of halogens is 2. The summed E-state index contributed by atoms with van der Waals surface area (Å²) >= 11 is 12.4. The van der Waals surface area contributed by atoms with Crippen molar-refractivity contribution < 1.29 is 18.0 Å². The van der Waals surface area contributed by atoms with E-state index in [4.69, 9.17) is 23.2 Å². The minimum absolute atomic E-state index is 0.0359. The summed E-state index contributed by atoms with van der Waals surface area (Å²) in [7, 11) is -4.14. The lowest BCUT2D eigenvalue weighted by molar-refractivity contribution is -0.140. The second kappa shape index (κ2) is 14.2. The summed E-state index contributed by atoms with van der Waals surface area (Å²) in [4.78, 5) is 29.1. The molecule has 0 aliphatic carbocycles. The first-order valence-corrected chi connectivity index (χ1v) is 15.8. The van der Waals surface area contributed by atoms with E-state index in [1.807, 2.05) is 39.8 Å². The molecule has 0 saturated heterocycles. The third kappa shape index (κ3) is 8.03. The van der Waals surface area contributed by atoms with Gasteiger partial charge in [-0.3, -0.25) is 13.9 Å². The van der Waals surface area contributed by atoms with Crippen LogP contribution in [-0.4, -0.2) is 43.8 Å². The Hall–Kier alpha value is -3.07. The van der Waals surface area contributed by atoms with Crippen LogP contribution in [0.1, 0.15) is 50.3 Å². The molecule has 0 bridgehead atoms. The molecule has 2 unspecified atom stereocenters. The van der Waals surface area contributed by atoms with E-state index in [-0.39, 0.29) is 23.4 Å². The average molecular weight is 619 g/mol. The highest BCUT2D eigenvalue weighted by Crippen LogP contribution is 2.29. The van der Waals surface area contributed by atoms with E-state index in [1.165, 1.54) is 17.0 Å². The largest absolute Gasteiger partial charge is 0.352 e. The molecule has 0 aliphatic rings. The summed E-state index contributed by atoms with van der Waals surface area (Å²) in [6, 6.07) is 17.5. The van der Waals surface area contributed by atoms with E-state index < -0.39 is 28.5 Å². The van der Waals surface area contributed by atoms with E-state index in [9.17, 15) is 18.0 Å². The van der Waals surface area contributed by atoms with Gasteiger partial charge in [-0.1, -0.05) is 73.4 Å². The van der Waals surface area contributed by atoms with Gasteiger partial charge in [-0.05, 0) is 80.6 Å². The van der Waals surface area contributed by atoms with Crippen LogP contribution in [0.2, 0.25) is 10.0 Å². The standard InChI is InChI=1S/C31H37Cl2N3O4S/c1-6-23(5)34-31(38)28(7-2)35(19-24-15-16-26(32)27(33)18-24)30(37)20-36(29-17-21(3)13-14-22(29)4)41(39,40)25-11-9-8-10-12-25/h8-18,23,28H,6-7,19-20H2,1-5H3,(H,34,38). The van der Waals surface area contributed by atoms with Crippen LogP contribution < -0.4 is 9.62 Å². The number of amides is 2. The van der Waals surface area contributed by atoms with Gasteiger partial charge in [0.25, 0.3) is 10.0 Å². The molecule has 1 N–H and O–H groups in total. The van der Waals surface area contributed by atoms with Gasteiger partial charge >= 0.3 is 0 Å². The summed E-state index contributed by atoms with van der Waals surface area (Å²) < 4.78 is 29.1. The quantitative estimate of drug-likeness (QED) is 0.250. The van der Waals surface area contributed by atoms with E-state index in [1.54, 1.807) is 49.4 Å². The van der Waals surface area contributed by atoms with Crippen LogP contribution >= 0.6 is 23.2 Å². The highest BCUT2D eigenvalue weighted by Gasteiger charge is 2.34. The molecule has 2 amide bonds. The molecule has 0 spiro atoms. The number of carbonyl (C=O) groups excluding carboxylic acids is 2. The number of nitrogens with zero attached hydrogens (tertiary/aromatic N) is 2. The van der Waals surface area contributed by atoms with Crippen molar-refractivity contribution >= 4 is 50.7 Å². The molecule has 0 fully saturated rings. The molecule has 10 heteroatoms. The number of hydrogen-bond acceptors (Lipinski definition) is 4. The normalized spacial score (nSPS) is 12.9. The number of rotatable bonds is 12. The fourth-order valence-electron chi connectivity index (χ4n) is 4.42. The lowest BCUT2D eigenvalue weighted by Crippen LogP contribution is -2.53. The van der Waals surface area contributed by atoms with Gasteiger partial charge in [-0.25, -0.2) is 8.42 Å². The summed E-state index contributed by atoms with van der Waals surface area (Å²) in [5, 5.41) is 3.65. The van der Waals surface area contributed by atoms with E-state index in [2.05, 4.69) is 5.32 Å². The minimum atomic E-state index is -4.14. The predicted molar refractivity (Wildman–Crippen MR) is 166 cm³/mol. The van der Waals surface area contributed by atoms with Crippen LogP contribution in [0.3, 0.4) is 0 Å². The molecule has 0 heterocycles. The van der Waals surface area contributed by atoms with E-state index in [0.29, 0.717) is 33.3 Å². The Kier molecular flexibility index (Phi) is 11.2. The Morgan fingerprint density at radius 2 is 1.59 bits per heavy atom. The number of anilines is 1. The van der Waals surface area contributed by atoms with Crippen LogP contribution in [0.5, 0.6) is 0 Å². The van der Waals surface area contributed by atoms with Gasteiger partial charge in [0.05, 0.1) is 20.6 Å². The van der Waals surface area contributed by atoms with Crippen LogP contribution in [0, 0.1) is 13.8 Å². The molecule has 220 valence electrons. The lowest BCUT2D eigenvalue weighted by Gasteiger charge is -2.34. The molecular formula is C31H37Cl2N3O4S. The molecule has 3 rings (SSSR count). The molecule has 3 aromatic rings. The van der Waals surface area contributed by atoms with Crippen molar-refractivity contribution in [3.63, 3.8) is 0 Å². The van der Waals surface area contributed by atoms with Crippen LogP contribution in [0.15, 0.2) is 71.6 Å². The van der Waals surface area contributed by atoms with Crippen molar-refractivity contribution in [1.29, 1.82) is 0 Å². The Balaban J connectivity index is 2.10. The average Bonchev–Trinajstić information content (AvgIpc) is 2.95.